The van der Waals surface area contributed by atoms with Gasteiger partial charge in [0.2, 0.25) is 0 Å². The molecule has 1 aliphatic carbocycles. The molecule has 1 aromatic heterocycles. The maximum Gasteiger partial charge on any atom is 0.250 e. The topological polar surface area (TPSA) is 46.2 Å². The Morgan fingerprint density at radius 3 is 2.63 bits per heavy atom. The second kappa shape index (κ2) is 5.23. The second-order valence-electron chi connectivity index (χ2n) is 5.07. The van der Waals surface area contributed by atoms with Gasteiger partial charge in [0.05, 0.1) is 0 Å². The highest BCUT2D eigenvalue weighted by molar-refractivity contribution is 7.91. The lowest BCUT2D eigenvalue weighted by Crippen LogP contribution is -2.35. The average molecular weight is 295 g/mol. The number of fused-ring (bicyclic) bond motifs is 1. The van der Waals surface area contributed by atoms with Crippen LogP contribution in [0.25, 0.3) is 10.8 Å². The Labute approximate surface area is 117 Å². The molecule has 0 amide bonds. The van der Waals surface area contributed by atoms with Crippen LogP contribution in [-0.4, -0.2) is 14.5 Å². The molecule has 0 spiro atoms. The largest absolute Gasteiger partial charge is 0.250 e. The van der Waals surface area contributed by atoms with Crippen molar-refractivity contribution >= 4 is 32.1 Å². The number of nitrogens with one attached hydrogen (secondary N) is 1. The maximum absolute atomic E-state index is 12.5. The Hall–Kier alpha value is -0.910. The molecule has 0 unspecified atom stereocenters. The van der Waals surface area contributed by atoms with Gasteiger partial charge in [-0.3, -0.25) is 0 Å². The van der Waals surface area contributed by atoms with E-state index in [2.05, 4.69) is 4.72 Å². The lowest BCUT2D eigenvalue weighted by Gasteiger charge is -2.22. The molecule has 1 aliphatic rings. The van der Waals surface area contributed by atoms with Crippen LogP contribution in [0.3, 0.4) is 0 Å². The van der Waals surface area contributed by atoms with Gasteiger partial charge < -0.3 is 0 Å². The summed E-state index contributed by atoms with van der Waals surface area (Å²) in [6.07, 6.45) is 5.39. The van der Waals surface area contributed by atoms with Crippen molar-refractivity contribution in [2.45, 2.75) is 42.4 Å². The van der Waals surface area contributed by atoms with E-state index < -0.39 is 10.0 Å². The lowest BCUT2D eigenvalue weighted by atomic mass is 9.96. The summed E-state index contributed by atoms with van der Waals surface area (Å²) in [5.41, 5.74) is 0. The molecule has 1 aromatic carbocycles. The van der Waals surface area contributed by atoms with Crippen LogP contribution in [0.2, 0.25) is 0 Å². The third-order valence-corrected chi connectivity index (χ3v) is 6.75. The number of sulfonamides is 1. The molecule has 0 bridgehead atoms. The van der Waals surface area contributed by atoms with Gasteiger partial charge >= 0.3 is 0 Å². The molecular weight excluding hydrogens is 278 g/mol. The molecule has 1 N–H and O–H groups in total. The minimum atomic E-state index is -3.37. The van der Waals surface area contributed by atoms with E-state index in [1.54, 1.807) is 0 Å². The van der Waals surface area contributed by atoms with Gasteiger partial charge in [-0.15, -0.1) is 11.3 Å². The van der Waals surface area contributed by atoms with Crippen LogP contribution in [0.1, 0.15) is 32.1 Å². The Bertz CT molecular complexity index is 670. The molecule has 0 aliphatic heterocycles. The van der Waals surface area contributed by atoms with Gasteiger partial charge in [-0.2, -0.15) is 0 Å². The standard InChI is InChI=1S/C14H17NO2S2/c16-19(17,15-12-7-2-1-3-8-12)14-13-9-5-4-6-11(13)10-18-14/h4-6,9-10,12,15H,1-3,7-8H2. The van der Waals surface area contributed by atoms with E-state index in [9.17, 15) is 8.42 Å². The van der Waals surface area contributed by atoms with E-state index in [-0.39, 0.29) is 6.04 Å². The van der Waals surface area contributed by atoms with Gasteiger partial charge in [0.15, 0.2) is 0 Å². The van der Waals surface area contributed by atoms with Crippen LogP contribution < -0.4 is 4.72 Å². The van der Waals surface area contributed by atoms with Crippen molar-refractivity contribution in [3.63, 3.8) is 0 Å². The SMILES string of the molecule is O=S(=O)(NC1CCCCC1)c1scc2ccccc12. The number of rotatable bonds is 3. The van der Waals surface area contributed by atoms with Crippen molar-refractivity contribution in [3.8, 4) is 0 Å². The van der Waals surface area contributed by atoms with Crippen molar-refractivity contribution in [1.82, 2.24) is 4.72 Å². The van der Waals surface area contributed by atoms with E-state index in [4.69, 9.17) is 0 Å². The van der Waals surface area contributed by atoms with E-state index >= 15 is 0 Å². The van der Waals surface area contributed by atoms with Crippen LogP contribution in [-0.2, 0) is 10.0 Å². The first-order valence-electron chi connectivity index (χ1n) is 6.65. The molecular formula is C14H17NO2S2. The summed E-state index contributed by atoms with van der Waals surface area (Å²) in [7, 11) is -3.37. The summed E-state index contributed by atoms with van der Waals surface area (Å²) >= 11 is 1.31. The van der Waals surface area contributed by atoms with E-state index in [1.807, 2.05) is 29.6 Å². The summed E-state index contributed by atoms with van der Waals surface area (Å²) in [5.74, 6) is 0. The predicted octanol–water partition coefficient (Wildman–Crippen LogP) is 3.51. The summed E-state index contributed by atoms with van der Waals surface area (Å²) in [5, 5.41) is 3.73. The fourth-order valence-electron chi connectivity index (χ4n) is 2.67. The third kappa shape index (κ3) is 2.68. The van der Waals surface area contributed by atoms with E-state index in [1.165, 1.54) is 17.8 Å². The molecule has 0 saturated heterocycles. The minimum absolute atomic E-state index is 0.111. The van der Waals surface area contributed by atoms with Crippen LogP contribution >= 0.6 is 11.3 Å². The van der Waals surface area contributed by atoms with Crippen molar-refractivity contribution in [2.24, 2.45) is 0 Å². The van der Waals surface area contributed by atoms with Gasteiger partial charge in [-0.05, 0) is 23.6 Å². The highest BCUT2D eigenvalue weighted by Gasteiger charge is 2.24. The molecule has 0 radical (unpaired) electrons. The molecule has 3 rings (SSSR count). The highest BCUT2D eigenvalue weighted by atomic mass is 32.2. The van der Waals surface area contributed by atoms with Crippen molar-refractivity contribution in [1.29, 1.82) is 0 Å². The van der Waals surface area contributed by atoms with Crippen LogP contribution in [0, 0.1) is 0 Å². The minimum Gasteiger partial charge on any atom is -0.207 e. The molecule has 3 nitrogen and oxygen atoms in total. The van der Waals surface area contributed by atoms with Crippen molar-refractivity contribution in [2.75, 3.05) is 0 Å². The zero-order valence-corrected chi connectivity index (χ0v) is 12.3. The first kappa shape index (κ1) is 13.1. The third-order valence-electron chi connectivity index (χ3n) is 3.64. The fourth-order valence-corrected chi connectivity index (χ4v) is 5.47. The number of benzene rings is 1. The first-order valence-corrected chi connectivity index (χ1v) is 9.02. The van der Waals surface area contributed by atoms with Crippen LogP contribution in [0.15, 0.2) is 33.9 Å². The zero-order valence-electron chi connectivity index (χ0n) is 10.6. The maximum atomic E-state index is 12.5. The summed E-state index contributed by atoms with van der Waals surface area (Å²) in [4.78, 5) is 0. The van der Waals surface area contributed by atoms with Gasteiger partial charge in [0.25, 0.3) is 10.0 Å². The predicted molar refractivity (Wildman–Crippen MR) is 79.0 cm³/mol. The normalized spacial score (nSPS) is 17.9. The molecule has 102 valence electrons. The summed E-state index contributed by atoms with van der Waals surface area (Å²) in [6, 6.07) is 7.75. The van der Waals surface area contributed by atoms with Crippen LogP contribution in [0.4, 0.5) is 0 Å². The molecule has 1 fully saturated rings. The molecule has 5 heteroatoms. The number of hydrogen-bond acceptors (Lipinski definition) is 3. The Kier molecular flexibility index (Phi) is 3.60. The Morgan fingerprint density at radius 1 is 1.11 bits per heavy atom. The molecule has 19 heavy (non-hydrogen) atoms. The van der Waals surface area contributed by atoms with Crippen molar-refractivity contribution in [3.05, 3.63) is 29.6 Å². The fraction of sp³-hybridized carbons (Fsp3) is 0.429. The molecule has 1 heterocycles. The molecule has 2 aromatic rings. The highest BCUT2D eigenvalue weighted by Crippen LogP contribution is 2.30. The summed E-state index contributed by atoms with van der Waals surface area (Å²) in [6.45, 7) is 0. The van der Waals surface area contributed by atoms with Gasteiger partial charge in [0, 0.05) is 11.4 Å². The van der Waals surface area contributed by atoms with E-state index in [0.29, 0.717) is 4.21 Å². The first-order chi connectivity index (χ1) is 9.17. The smallest absolute Gasteiger partial charge is 0.207 e. The Morgan fingerprint density at radius 2 is 1.84 bits per heavy atom. The van der Waals surface area contributed by atoms with E-state index in [0.717, 1.165) is 36.5 Å². The number of thiophene rings is 1. The van der Waals surface area contributed by atoms with Crippen molar-refractivity contribution < 1.29 is 8.42 Å². The summed E-state index contributed by atoms with van der Waals surface area (Å²) < 4.78 is 28.3. The zero-order chi connectivity index (χ0) is 13.3. The quantitative estimate of drug-likeness (QED) is 0.942. The second-order valence-corrected chi connectivity index (χ2v) is 7.86. The molecule has 0 atom stereocenters. The number of hydrogen-bond donors (Lipinski definition) is 1. The Balaban J connectivity index is 1.91. The van der Waals surface area contributed by atoms with Crippen LogP contribution in [0.5, 0.6) is 0 Å². The lowest BCUT2D eigenvalue weighted by molar-refractivity contribution is 0.412. The molecule has 1 saturated carbocycles. The van der Waals surface area contributed by atoms with Gasteiger partial charge in [0.1, 0.15) is 4.21 Å². The average Bonchev–Trinajstić information content (AvgIpc) is 2.84. The van der Waals surface area contributed by atoms with Gasteiger partial charge in [-0.1, -0.05) is 43.5 Å². The monoisotopic (exact) mass is 295 g/mol. The van der Waals surface area contributed by atoms with Gasteiger partial charge in [-0.25, -0.2) is 13.1 Å².